The normalized spacial score (nSPS) is 11.3. The molecule has 0 saturated heterocycles. The molecule has 0 radical (unpaired) electrons. The van der Waals surface area contributed by atoms with Crippen LogP contribution in [0.1, 0.15) is 31.7 Å². The minimum Gasteiger partial charge on any atom is -0.507 e. The fraction of sp³-hybridized carbons (Fsp3) is 0.263. The predicted molar refractivity (Wildman–Crippen MR) is 96.6 cm³/mol. The second kappa shape index (κ2) is 6.86. The third-order valence-electron chi connectivity index (χ3n) is 3.89. The first-order valence-corrected chi connectivity index (χ1v) is 8.54. The lowest BCUT2D eigenvalue weighted by Gasteiger charge is -2.02. The first kappa shape index (κ1) is 16.2. The second-order valence-corrected chi connectivity index (χ2v) is 6.63. The van der Waals surface area contributed by atoms with E-state index in [1.54, 1.807) is 18.2 Å². The van der Waals surface area contributed by atoms with E-state index in [4.69, 9.17) is 27.6 Å². The van der Waals surface area contributed by atoms with Gasteiger partial charge in [-0.2, -0.15) is 0 Å². The summed E-state index contributed by atoms with van der Waals surface area (Å²) in [6.07, 6.45) is 4.41. The van der Waals surface area contributed by atoms with Crippen molar-refractivity contribution in [2.75, 3.05) is 0 Å². The van der Waals surface area contributed by atoms with E-state index in [1.807, 2.05) is 18.2 Å². The Balaban J connectivity index is 1.99. The highest BCUT2D eigenvalue weighted by Gasteiger charge is 2.12. The molecule has 0 aliphatic rings. The molecule has 3 aromatic rings. The summed E-state index contributed by atoms with van der Waals surface area (Å²) in [5.41, 5.74) is 2.57. The van der Waals surface area contributed by atoms with Crippen molar-refractivity contribution in [3.63, 3.8) is 0 Å². The number of halogens is 2. The van der Waals surface area contributed by atoms with Crippen molar-refractivity contribution in [3.8, 4) is 17.1 Å². The van der Waals surface area contributed by atoms with E-state index in [9.17, 15) is 5.11 Å². The van der Waals surface area contributed by atoms with Crippen molar-refractivity contribution >= 4 is 34.2 Å². The highest BCUT2D eigenvalue weighted by atomic mass is 35.5. The van der Waals surface area contributed by atoms with Crippen LogP contribution in [0.2, 0.25) is 10.0 Å². The lowest BCUT2D eigenvalue weighted by molar-refractivity contribution is 0.480. The van der Waals surface area contributed by atoms with Crippen LogP contribution >= 0.6 is 23.2 Å². The SMILES string of the molecule is CCCCCc1cc(O)c2cc(-c3cc(Cl)cc(Cl)c3)oc2c1. The molecule has 0 aliphatic carbocycles. The molecular weight excluding hydrogens is 331 g/mol. The van der Waals surface area contributed by atoms with Crippen LogP contribution in [0.3, 0.4) is 0 Å². The Labute approximate surface area is 145 Å². The number of aromatic hydroxyl groups is 1. The van der Waals surface area contributed by atoms with Crippen LogP contribution in [0.4, 0.5) is 0 Å². The van der Waals surface area contributed by atoms with Gasteiger partial charge in [0.05, 0.1) is 5.39 Å². The second-order valence-electron chi connectivity index (χ2n) is 5.75. The Hall–Kier alpha value is -1.64. The Kier molecular flexibility index (Phi) is 4.84. The zero-order valence-corrected chi connectivity index (χ0v) is 14.4. The fourth-order valence-electron chi connectivity index (χ4n) is 2.74. The standard InChI is InChI=1S/C19H18Cl2O2/c1-2-3-4-5-12-6-17(22)16-11-18(23-19(16)7-12)13-8-14(20)10-15(21)9-13/h6-11,22H,2-5H2,1H3. The van der Waals surface area contributed by atoms with Crippen molar-refractivity contribution < 1.29 is 9.52 Å². The van der Waals surface area contributed by atoms with Gasteiger partial charge in [-0.15, -0.1) is 0 Å². The topological polar surface area (TPSA) is 33.4 Å². The largest absolute Gasteiger partial charge is 0.507 e. The number of hydrogen-bond acceptors (Lipinski definition) is 2. The molecule has 120 valence electrons. The van der Waals surface area contributed by atoms with Gasteiger partial charge in [0.1, 0.15) is 17.1 Å². The monoisotopic (exact) mass is 348 g/mol. The number of rotatable bonds is 5. The molecule has 0 unspecified atom stereocenters. The summed E-state index contributed by atoms with van der Waals surface area (Å²) in [5, 5.41) is 12.1. The molecule has 4 heteroatoms. The third-order valence-corrected chi connectivity index (χ3v) is 4.33. The molecule has 0 fully saturated rings. The van der Waals surface area contributed by atoms with Gasteiger partial charge in [-0.05, 0) is 54.8 Å². The number of furan rings is 1. The summed E-state index contributed by atoms with van der Waals surface area (Å²) in [7, 11) is 0. The van der Waals surface area contributed by atoms with E-state index in [-0.39, 0.29) is 5.75 Å². The van der Waals surface area contributed by atoms with Gasteiger partial charge in [-0.25, -0.2) is 0 Å². The van der Waals surface area contributed by atoms with Gasteiger partial charge in [0.25, 0.3) is 0 Å². The van der Waals surface area contributed by atoms with Crippen molar-refractivity contribution in [1.82, 2.24) is 0 Å². The number of aryl methyl sites for hydroxylation is 1. The molecule has 1 N–H and O–H groups in total. The first-order valence-electron chi connectivity index (χ1n) is 7.78. The highest BCUT2D eigenvalue weighted by Crippen LogP contribution is 2.36. The molecule has 0 spiro atoms. The van der Waals surface area contributed by atoms with E-state index < -0.39 is 0 Å². The fourth-order valence-corrected chi connectivity index (χ4v) is 3.26. The van der Waals surface area contributed by atoms with Crippen LogP contribution in [0, 0.1) is 0 Å². The average molecular weight is 349 g/mol. The summed E-state index contributed by atoms with van der Waals surface area (Å²) < 4.78 is 5.91. The molecule has 2 aromatic carbocycles. The van der Waals surface area contributed by atoms with Crippen LogP contribution in [0.15, 0.2) is 40.8 Å². The highest BCUT2D eigenvalue weighted by molar-refractivity contribution is 6.35. The summed E-state index contributed by atoms with van der Waals surface area (Å²) in [6, 6.07) is 10.9. The molecule has 0 saturated carbocycles. The Morgan fingerprint density at radius 3 is 2.39 bits per heavy atom. The van der Waals surface area contributed by atoms with Crippen LogP contribution < -0.4 is 0 Å². The van der Waals surface area contributed by atoms with Gasteiger partial charge >= 0.3 is 0 Å². The maximum absolute atomic E-state index is 10.3. The van der Waals surface area contributed by atoms with E-state index in [0.29, 0.717) is 26.8 Å². The molecule has 2 nitrogen and oxygen atoms in total. The van der Waals surface area contributed by atoms with Gasteiger partial charge in [0.2, 0.25) is 0 Å². The minimum absolute atomic E-state index is 0.247. The van der Waals surface area contributed by atoms with Crippen molar-refractivity contribution in [3.05, 3.63) is 52.0 Å². The smallest absolute Gasteiger partial charge is 0.138 e. The van der Waals surface area contributed by atoms with Gasteiger partial charge < -0.3 is 9.52 Å². The van der Waals surface area contributed by atoms with Crippen molar-refractivity contribution in [2.24, 2.45) is 0 Å². The molecule has 3 rings (SSSR count). The summed E-state index contributed by atoms with van der Waals surface area (Å²) in [6.45, 7) is 2.18. The summed E-state index contributed by atoms with van der Waals surface area (Å²) in [4.78, 5) is 0. The molecule has 1 aromatic heterocycles. The predicted octanol–water partition coefficient (Wildman–Crippen LogP) is 6.84. The molecule has 0 amide bonds. The van der Waals surface area contributed by atoms with Gasteiger partial charge in [-0.1, -0.05) is 43.0 Å². The molecule has 0 bridgehead atoms. The summed E-state index contributed by atoms with van der Waals surface area (Å²) >= 11 is 12.1. The molecular formula is C19H18Cl2O2. The molecule has 0 aliphatic heterocycles. The number of phenols is 1. The Bertz CT molecular complexity index is 816. The van der Waals surface area contributed by atoms with Gasteiger partial charge in [-0.3, -0.25) is 0 Å². The first-order chi connectivity index (χ1) is 11.1. The number of unbranched alkanes of at least 4 members (excludes halogenated alkanes) is 2. The number of fused-ring (bicyclic) bond motifs is 1. The number of hydrogen-bond donors (Lipinski definition) is 1. The quantitative estimate of drug-likeness (QED) is 0.511. The number of benzene rings is 2. The third kappa shape index (κ3) is 3.65. The lowest BCUT2D eigenvalue weighted by Crippen LogP contribution is -1.85. The molecule has 0 atom stereocenters. The molecule has 1 heterocycles. The number of phenolic OH excluding ortho intramolecular Hbond substituents is 1. The van der Waals surface area contributed by atoms with E-state index in [2.05, 4.69) is 6.92 Å². The Morgan fingerprint density at radius 2 is 1.70 bits per heavy atom. The van der Waals surface area contributed by atoms with Crippen molar-refractivity contribution in [2.45, 2.75) is 32.6 Å². The van der Waals surface area contributed by atoms with Crippen molar-refractivity contribution in [1.29, 1.82) is 0 Å². The van der Waals surface area contributed by atoms with Crippen LogP contribution in [0.25, 0.3) is 22.3 Å². The van der Waals surface area contributed by atoms with E-state index in [0.717, 1.165) is 24.0 Å². The van der Waals surface area contributed by atoms with Gasteiger partial charge in [0.15, 0.2) is 0 Å². The zero-order valence-electron chi connectivity index (χ0n) is 12.9. The Morgan fingerprint density at radius 1 is 0.957 bits per heavy atom. The van der Waals surface area contributed by atoms with Crippen LogP contribution in [0.5, 0.6) is 5.75 Å². The lowest BCUT2D eigenvalue weighted by atomic mass is 10.1. The van der Waals surface area contributed by atoms with Crippen LogP contribution in [-0.4, -0.2) is 5.11 Å². The minimum atomic E-state index is 0.247. The maximum atomic E-state index is 10.3. The maximum Gasteiger partial charge on any atom is 0.138 e. The van der Waals surface area contributed by atoms with E-state index in [1.165, 1.54) is 12.8 Å². The zero-order chi connectivity index (χ0) is 16.4. The molecule has 23 heavy (non-hydrogen) atoms. The van der Waals surface area contributed by atoms with Gasteiger partial charge in [0, 0.05) is 15.6 Å². The average Bonchev–Trinajstić information content (AvgIpc) is 2.91. The summed E-state index contributed by atoms with van der Waals surface area (Å²) in [5.74, 6) is 0.891. The van der Waals surface area contributed by atoms with Crippen LogP contribution in [-0.2, 0) is 6.42 Å². The van der Waals surface area contributed by atoms with E-state index >= 15 is 0 Å².